The van der Waals surface area contributed by atoms with Crippen LogP contribution < -0.4 is 22.3 Å². The fourth-order valence-corrected chi connectivity index (χ4v) is 2.88. The zero-order chi connectivity index (χ0) is 14.9. The fourth-order valence-electron chi connectivity index (χ4n) is 2.88. The average Bonchev–Trinajstić information content (AvgIpc) is 2.86. The van der Waals surface area contributed by atoms with Gasteiger partial charge in [0.15, 0.2) is 0 Å². The maximum atomic E-state index is 11.9. The van der Waals surface area contributed by atoms with E-state index in [-0.39, 0.29) is 17.0 Å². The number of aromatic nitrogens is 2. The molecule has 0 radical (unpaired) electrons. The second-order valence-corrected chi connectivity index (χ2v) is 5.76. The second-order valence-electron chi connectivity index (χ2n) is 5.76. The number of rotatable bonds is 4. The zero-order valence-corrected chi connectivity index (χ0v) is 12.3. The van der Waals surface area contributed by atoms with Crippen LogP contribution in [0.15, 0.2) is 9.59 Å². The molecule has 1 saturated carbocycles. The van der Waals surface area contributed by atoms with Crippen LogP contribution in [-0.4, -0.2) is 40.6 Å². The lowest BCUT2D eigenvalue weighted by molar-refractivity contribution is 0.172. The predicted octanol–water partition coefficient (Wildman–Crippen LogP) is -0.0579. The molecule has 7 nitrogen and oxygen atoms in total. The molecule has 0 aliphatic heterocycles. The van der Waals surface area contributed by atoms with Gasteiger partial charge in [-0.25, -0.2) is 4.79 Å². The van der Waals surface area contributed by atoms with Gasteiger partial charge in [-0.2, -0.15) is 0 Å². The van der Waals surface area contributed by atoms with E-state index in [1.54, 1.807) is 0 Å². The molecular weight excluding hydrogens is 258 g/mol. The van der Waals surface area contributed by atoms with Crippen LogP contribution in [0.3, 0.4) is 0 Å². The Morgan fingerprint density at radius 1 is 1.35 bits per heavy atom. The highest BCUT2D eigenvalue weighted by molar-refractivity contribution is 5.60. The fraction of sp³-hybridized carbons (Fsp3) is 0.692. The van der Waals surface area contributed by atoms with Crippen molar-refractivity contribution in [1.29, 1.82) is 0 Å². The number of H-pyrrole nitrogens is 1. The van der Waals surface area contributed by atoms with Crippen molar-refractivity contribution < 1.29 is 0 Å². The lowest BCUT2D eigenvalue weighted by Gasteiger charge is -2.36. The van der Waals surface area contributed by atoms with Crippen molar-refractivity contribution in [1.82, 2.24) is 14.5 Å². The summed E-state index contributed by atoms with van der Waals surface area (Å²) in [6.07, 6.45) is 4.57. The van der Waals surface area contributed by atoms with E-state index in [1.807, 2.05) is 0 Å². The van der Waals surface area contributed by atoms with E-state index in [4.69, 9.17) is 5.73 Å². The molecule has 112 valence electrons. The third kappa shape index (κ3) is 2.45. The van der Waals surface area contributed by atoms with Gasteiger partial charge in [0.2, 0.25) is 0 Å². The third-order valence-electron chi connectivity index (χ3n) is 4.45. The minimum absolute atomic E-state index is 0.0492. The molecule has 7 heteroatoms. The SMILES string of the molecule is CN(C)C1(CNc2c(N)n(C)c(=O)[nH]c2=O)CCCC1. The molecule has 1 aliphatic carbocycles. The van der Waals surface area contributed by atoms with E-state index >= 15 is 0 Å². The molecule has 1 heterocycles. The van der Waals surface area contributed by atoms with Gasteiger partial charge in [0, 0.05) is 19.1 Å². The smallest absolute Gasteiger partial charge is 0.329 e. The maximum absolute atomic E-state index is 11.9. The van der Waals surface area contributed by atoms with Crippen molar-refractivity contribution in [2.24, 2.45) is 7.05 Å². The molecule has 20 heavy (non-hydrogen) atoms. The van der Waals surface area contributed by atoms with Gasteiger partial charge in [-0.3, -0.25) is 14.3 Å². The molecule has 0 saturated heterocycles. The van der Waals surface area contributed by atoms with E-state index in [0.717, 1.165) is 12.8 Å². The van der Waals surface area contributed by atoms with E-state index in [9.17, 15) is 9.59 Å². The quantitative estimate of drug-likeness (QED) is 0.718. The first-order chi connectivity index (χ1) is 9.37. The molecule has 1 aromatic rings. The van der Waals surface area contributed by atoms with Gasteiger partial charge in [-0.15, -0.1) is 0 Å². The highest BCUT2D eigenvalue weighted by atomic mass is 16.2. The number of hydrogen-bond donors (Lipinski definition) is 3. The molecule has 1 fully saturated rings. The highest BCUT2D eigenvalue weighted by Gasteiger charge is 2.36. The Morgan fingerprint density at radius 2 is 1.95 bits per heavy atom. The van der Waals surface area contributed by atoms with E-state index in [1.165, 1.54) is 24.5 Å². The predicted molar refractivity (Wildman–Crippen MR) is 80.1 cm³/mol. The number of likely N-dealkylation sites (N-methyl/N-ethyl adjacent to an activating group) is 1. The lowest BCUT2D eigenvalue weighted by atomic mass is 9.96. The Balaban J connectivity index is 2.25. The van der Waals surface area contributed by atoms with Crippen molar-refractivity contribution in [3.05, 3.63) is 20.8 Å². The Kier molecular flexibility index (Phi) is 3.89. The van der Waals surface area contributed by atoms with Gasteiger partial charge >= 0.3 is 5.69 Å². The standard InChI is InChI=1S/C13H23N5O2/c1-17(2)13(6-4-5-7-13)8-15-9-10(14)18(3)12(20)16-11(9)19/h15H,4-8,14H2,1-3H3,(H,16,19,20). The molecule has 1 aromatic heterocycles. The number of nitrogens with zero attached hydrogens (tertiary/aromatic N) is 2. The summed E-state index contributed by atoms with van der Waals surface area (Å²) in [4.78, 5) is 27.8. The number of nitrogens with one attached hydrogen (secondary N) is 2. The summed E-state index contributed by atoms with van der Waals surface area (Å²) in [5.41, 5.74) is 5.22. The van der Waals surface area contributed by atoms with E-state index in [2.05, 4.69) is 29.3 Å². The average molecular weight is 281 g/mol. The molecule has 0 aromatic carbocycles. The van der Waals surface area contributed by atoms with Gasteiger partial charge in [-0.05, 0) is 26.9 Å². The summed E-state index contributed by atoms with van der Waals surface area (Å²) in [6, 6.07) is 0. The second kappa shape index (κ2) is 5.32. The Bertz CT molecular complexity index is 596. The van der Waals surface area contributed by atoms with Crippen LogP contribution in [0.1, 0.15) is 25.7 Å². The molecule has 0 amide bonds. The maximum Gasteiger partial charge on any atom is 0.329 e. The molecule has 0 atom stereocenters. The summed E-state index contributed by atoms with van der Waals surface area (Å²) in [6.45, 7) is 0.644. The molecule has 1 aliphatic rings. The number of nitrogen functional groups attached to an aromatic ring is 1. The van der Waals surface area contributed by atoms with Gasteiger partial charge in [0.1, 0.15) is 11.5 Å². The monoisotopic (exact) mass is 281 g/mol. The van der Waals surface area contributed by atoms with Crippen LogP contribution in [0.25, 0.3) is 0 Å². The lowest BCUT2D eigenvalue weighted by Crippen LogP contribution is -2.48. The number of nitrogens with two attached hydrogens (primary N) is 1. The van der Waals surface area contributed by atoms with E-state index < -0.39 is 11.2 Å². The largest absolute Gasteiger partial charge is 0.383 e. The first-order valence-electron chi connectivity index (χ1n) is 6.87. The van der Waals surface area contributed by atoms with Gasteiger partial charge in [0.25, 0.3) is 5.56 Å². The number of anilines is 2. The van der Waals surface area contributed by atoms with Crippen molar-refractivity contribution in [3.8, 4) is 0 Å². The van der Waals surface area contributed by atoms with Gasteiger partial charge in [-0.1, -0.05) is 12.8 Å². The van der Waals surface area contributed by atoms with Crippen molar-refractivity contribution in [2.75, 3.05) is 31.7 Å². The number of aromatic amines is 1. The number of hydrogen-bond acceptors (Lipinski definition) is 5. The van der Waals surface area contributed by atoms with E-state index in [0.29, 0.717) is 6.54 Å². The van der Waals surface area contributed by atoms with Crippen molar-refractivity contribution in [2.45, 2.75) is 31.2 Å². The van der Waals surface area contributed by atoms with Gasteiger partial charge in [0.05, 0.1) is 0 Å². The van der Waals surface area contributed by atoms with Crippen LogP contribution in [0.2, 0.25) is 0 Å². The van der Waals surface area contributed by atoms with Crippen LogP contribution in [0.5, 0.6) is 0 Å². The van der Waals surface area contributed by atoms with Crippen LogP contribution in [0.4, 0.5) is 11.5 Å². The summed E-state index contributed by atoms with van der Waals surface area (Å²) >= 11 is 0. The Hall–Kier alpha value is -1.76. The Labute approximate surface area is 117 Å². The summed E-state index contributed by atoms with van der Waals surface area (Å²) in [7, 11) is 5.65. The first kappa shape index (κ1) is 14.6. The molecule has 4 N–H and O–H groups in total. The molecule has 0 bridgehead atoms. The van der Waals surface area contributed by atoms with Gasteiger partial charge < -0.3 is 16.0 Å². The van der Waals surface area contributed by atoms with Crippen LogP contribution >= 0.6 is 0 Å². The molecular formula is C13H23N5O2. The minimum Gasteiger partial charge on any atom is -0.383 e. The molecule has 2 rings (SSSR count). The van der Waals surface area contributed by atoms with Crippen molar-refractivity contribution in [3.63, 3.8) is 0 Å². The van der Waals surface area contributed by atoms with Crippen LogP contribution in [0, 0.1) is 0 Å². The topological polar surface area (TPSA) is 96.2 Å². The molecule has 0 unspecified atom stereocenters. The first-order valence-corrected chi connectivity index (χ1v) is 6.87. The zero-order valence-electron chi connectivity index (χ0n) is 12.3. The summed E-state index contributed by atoms with van der Waals surface area (Å²) < 4.78 is 1.24. The summed E-state index contributed by atoms with van der Waals surface area (Å²) in [5, 5.41) is 3.14. The highest BCUT2D eigenvalue weighted by Crippen LogP contribution is 2.33. The Morgan fingerprint density at radius 3 is 2.50 bits per heavy atom. The normalized spacial score (nSPS) is 17.6. The van der Waals surface area contributed by atoms with Crippen molar-refractivity contribution >= 4 is 11.5 Å². The third-order valence-corrected chi connectivity index (χ3v) is 4.45. The summed E-state index contributed by atoms with van der Waals surface area (Å²) in [5.74, 6) is 0.172. The van der Waals surface area contributed by atoms with Crippen LogP contribution in [-0.2, 0) is 7.05 Å². The minimum atomic E-state index is -0.499. The molecule has 0 spiro atoms.